The van der Waals surface area contributed by atoms with Gasteiger partial charge in [-0.05, 0) is 55.8 Å². The Morgan fingerprint density at radius 2 is 1.48 bits per heavy atom. The van der Waals surface area contributed by atoms with Crippen molar-refractivity contribution in [2.24, 2.45) is 0 Å². The molecule has 1 N–H and O–H groups in total. The lowest BCUT2D eigenvalue weighted by molar-refractivity contribution is 0.601. The molecule has 3 rings (SSSR count). The number of rotatable bonds is 7. The van der Waals surface area contributed by atoms with Crippen molar-refractivity contribution in [3.05, 3.63) is 90.0 Å². The van der Waals surface area contributed by atoms with Crippen LogP contribution in [0.2, 0.25) is 0 Å². The molecule has 0 amide bonds. The van der Waals surface area contributed by atoms with Crippen LogP contribution in [0.4, 0.5) is 11.4 Å². The Morgan fingerprint density at radius 1 is 0.852 bits per heavy atom. The number of sulfonamides is 1. The van der Waals surface area contributed by atoms with E-state index in [4.69, 9.17) is 0 Å². The number of nitrogens with zero attached hydrogens (tertiary/aromatic N) is 1. The Labute approximate surface area is 161 Å². The lowest BCUT2D eigenvalue weighted by Crippen LogP contribution is -2.22. The van der Waals surface area contributed by atoms with Crippen molar-refractivity contribution in [2.45, 2.75) is 25.3 Å². The first-order valence-corrected chi connectivity index (χ1v) is 10.4. The topological polar surface area (TPSA) is 49.4 Å². The predicted octanol–water partition coefficient (Wildman–Crippen LogP) is 4.82. The van der Waals surface area contributed by atoms with Gasteiger partial charge in [0.1, 0.15) is 0 Å². The largest absolute Gasteiger partial charge is 0.367 e. The fourth-order valence-electron chi connectivity index (χ4n) is 2.86. The SMILES string of the molecule is CCN(Cc1ccccc1)c1ccc(NS(=O)(=O)c2ccc(C)cc2)cc1. The van der Waals surface area contributed by atoms with Crippen LogP contribution in [-0.2, 0) is 16.6 Å². The maximum Gasteiger partial charge on any atom is 0.261 e. The second-order valence-electron chi connectivity index (χ2n) is 6.47. The first-order chi connectivity index (χ1) is 13.0. The molecule has 5 heteroatoms. The maximum atomic E-state index is 12.5. The van der Waals surface area contributed by atoms with Crippen LogP contribution in [0.5, 0.6) is 0 Å². The summed E-state index contributed by atoms with van der Waals surface area (Å²) in [6.07, 6.45) is 0. The molecule has 3 aromatic carbocycles. The van der Waals surface area contributed by atoms with Crippen molar-refractivity contribution in [3.8, 4) is 0 Å². The molecule has 0 aromatic heterocycles. The number of aryl methyl sites for hydroxylation is 1. The average Bonchev–Trinajstić information content (AvgIpc) is 2.68. The van der Waals surface area contributed by atoms with E-state index in [-0.39, 0.29) is 4.90 Å². The van der Waals surface area contributed by atoms with E-state index in [0.717, 1.165) is 24.3 Å². The lowest BCUT2D eigenvalue weighted by atomic mass is 10.2. The van der Waals surface area contributed by atoms with Crippen LogP contribution < -0.4 is 9.62 Å². The fourth-order valence-corrected chi connectivity index (χ4v) is 3.92. The molecule has 0 atom stereocenters. The highest BCUT2D eigenvalue weighted by Gasteiger charge is 2.14. The molecule has 0 fully saturated rings. The highest BCUT2D eigenvalue weighted by molar-refractivity contribution is 7.92. The Kier molecular flexibility index (Phi) is 5.81. The van der Waals surface area contributed by atoms with Gasteiger partial charge in [0.15, 0.2) is 0 Å². The smallest absolute Gasteiger partial charge is 0.261 e. The van der Waals surface area contributed by atoms with Crippen molar-refractivity contribution >= 4 is 21.4 Å². The van der Waals surface area contributed by atoms with Crippen molar-refractivity contribution in [3.63, 3.8) is 0 Å². The van der Waals surface area contributed by atoms with Crippen LogP contribution in [0.1, 0.15) is 18.1 Å². The quantitative estimate of drug-likeness (QED) is 0.639. The van der Waals surface area contributed by atoms with Gasteiger partial charge in [0.05, 0.1) is 4.90 Å². The molecule has 0 saturated carbocycles. The molecule has 0 aliphatic carbocycles. The monoisotopic (exact) mass is 380 g/mol. The zero-order valence-corrected chi connectivity index (χ0v) is 16.4. The van der Waals surface area contributed by atoms with Gasteiger partial charge < -0.3 is 4.90 Å². The normalized spacial score (nSPS) is 11.2. The van der Waals surface area contributed by atoms with E-state index in [9.17, 15) is 8.42 Å². The van der Waals surface area contributed by atoms with Gasteiger partial charge in [-0.25, -0.2) is 8.42 Å². The summed E-state index contributed by atoms with van der Waals surface area (Å²) in [5.74, 6) is 0. The van der Waals surface area contributed by atoms with Crippen LogP contribution in [0.25, 0.3) is 0 Å². The molecule has 3 aromatic rings. The van der Waals surface area contributed by atoms with E-state index in [0.29, 0.717) is 5.69 Å². The molecule has 0 spiro atoms. The van der Waals surface area contributed by atoms with Crippen molar-refractivity contribution in [1.29, 1.82) is 0 Å². The van der Waals surface area contributed by atoms with Crippen LogP contribution in [0.15, 0.2) is 83.8 Å². The third-order valence-corrected chi connectivity index (χ3v) is 5.81. The summed E-state index contributed by atoms with van der Waals surface area (Å²) in [6, 6.07) is 24.6. The lowest BCUT2D eigenvalue weighted by Gasteiger charge is -2.23. The minimum Gasteiger partial charge on any atom is -0.367 e. The fraction of sp³-hybridized carbons (Fsp3) is 0.182. The minimum atomic E-state index is -3.58. The summed E-state index contributed by atoms with van der Waals surface area (Å²) in [7, 11) is -3.58. The Bertz CT molecular complexity index is 967. The van der Waals surface area contributed by atoms with E-state index in [1.54, 1.807) is 36.4 Å². The summed E-state index contributed by atoms with van der Waals surface area (Å²) >= 11 is 0. The van der Waals surface area contributed by atoms with Gasteiger partial charge in [-0.15, -0.1) is 0 Å². The molecule has 0 aliphatic rings. The second kappa shape index (κ2) is 8.27. The standard InChI is InChI=1S/C22H24N2O2S/c1-3-24(17-19-7-5-4-6-8-19)21-13-11-20(12-14-21)23-27(25,26)22-15-9-18(2)10-16-22/h4-16,23H,3,17H2,1-2H3. The Balaban J connectivity index is 1.73. The third-order valence-electron chi connectivity index (χ3n) is 4.41. The van der Waals surface area contributed by atoms with E-state index in [2.05, 4.69) is 28.7 Å². The number of hydrogen-bond acceptors (Lipinski definition) is 3. The van der Waals surface area contributed by atoms with E-state index >= 15 is 0 Å². The van der Waals surface area contributed by atoms with E-state index in [1.807, 2.05) is 37.3 Å². The molecule has 27 heavy (non-hydrogen) atoms. The summed E-state index contributed by atoms with van der Waals surface area (Å²) in [5, 5.41) is 0. The van der Waals surface area contributed by atoms with Gasteiger partial charge in [-0.1, -0.05) is 48.0 Å². The number of benzene rings is 3. The first kappa shape index (κ1) is 19.0. The molecular weight excluding hydrogens is 356 g/mol. The van der Waals surface area contributed by atoms with Crippen LogP contribution in [0.3, 0.4) is 0 Å². The average molecular weight is 381 g/mol. The van der Waals surface area contributed by atoms with E-state index in [1.165, 1.54) is 5.56 Å². The van der Waals surface area contributed by atoms with Crippen LogP contribution in [0, 0.1) is 6.92 Å². The molecule has 0 aliphatic heterocycles. The maximum absolute atomic E-state index is 12.5. The molecule has 4 nitrogen and oxygen atoms in total. The Hall–Kier alpha value is -2.79. The molecule has 0 heterocycles. The van der Waals surface area contributed by atoms with Gasteiger partial charge in [-0.3, -0.25) is 4.72 Å². The zero-order chi connectivity index (χ0) is 19.3. The summed E-state index contributed by atoms with van der Waals surface area (Å²) in [5.41, 5.74) is 3.87. The molecule has 0 bridgehead atoms. The molecule has 140 valence electrons. The van der Waals surface area contributed by atoms with Gasteiger partial charge in [0.2, 0.25) is 0 Å². The van der Waals surface area contributed by atoms with Gasteiger partial charge in [0.25, 0.3) is 10.0 Å². The molecule has 0 radical (unpaired) electrons. The summed E-state index contributed by atoms with van der Waals surface area (Å²) < 4.78 is 27.7. The molecular formula is C22H24N2O2S. The van der Waals surface area contributed by atoms with Crippen LogP contribution in [-0.4, -0.2) is 15.0 Å². The minimum absolute atomic E-state index is 0.261. The number of hydrogen-bond donors (Lipinski definition) is 1. The summed E-state index contributed by atoms with van der Waals surface area (Å²) in [4.78, 5) is 2.50. The van der Waals surface area contributed by atoms with Crippen molar-refractivity contribution in [2.75, 3.05) is 16.2 Å². The van der Waals surface area contributed by atoms with Crippen LogP contribution >= 0.6 is 0 Å². The first-order valence-electron chi connectivity index (χ1n) is 8.96. The van der Waals surface area contributed by atoms with Gasteiger partial charge >= 0.3 is 0 Å². The van der Waals surface area contributed by atoms with Crippen molar-refractivity contribution < 1.29 is 8.42 Å². The van der Waals surface area contributed by atoms with Gasteiger partial charge in [0, 0.05) is 24.5 Å². The second-order valence-corrected chi connectivity index (χ2v) is 8.15. The van der Waals surface area contributed by atoms with Crippen molar-refractivity contribution in [1.82, 2.24) is 0 Å². The predicted molar refractivity (Wildman–Crippen MR) is 112 cm³/mol. The highest BCUT2D eigenvalue weighted by Crippen LogP contribution is 2.22. The number of nitrogens with one attached hydrogen (secondary N) is 1. The molecule has 0 unspecified atom stereocenters. The third kappa shape index (κ3) is 4.89. The molecule has 0 saturated heterocycles. The van der Waals surface area contributed by atoms with Gasteiger partial charge in [-0.2, -0.15) is 0 Å². The summed E-state index contributed by atoms with van der Waals surface area (Å²) in [6.45, 7) is 5.71. The zero-order valence-electron chi connectivity index (χ0n) is 15.6. The Morgan fingerprint density at radius 3 is 2.07 bits per heavy atom. The van der Waals surface area contributed by atoms with E-state index < -0.39 is 10.0 Å². The number of anilines is 2. The highest BCUT2D eigenvalue weighted by atomic mass is 32.2.